The van der Waals surface area contributed by atoms with E-state index in [4.69, 9.17) is 23.2 Å². The van der Waals surface area contributed by atoms with E-state index in [-0.39, 0.29) is 5.57 Å². The fraction of sp³-hybridized carbons (Fsp3) is 0.200. The quantitative estimate of drug-likeness (QED) is 0.460. The monoisotopic (exact) mass is 166 g/mol. The number of hydrogen-bond acceptors (Lipinski definition) is 2. The Bertz CT molecular complexity index is 172. The van der Waals surface area contributed by atoms with E-state index in [0.29, 0.717) is 0 Å². The predicted molar refractivity (Wildman–Crippen MR) is 35.5 cm³/mol. The lowest BCUT2D eigenvalue weighted by Gasteiger charge is -1.84. The van der Waals surface area contributed by atoms with Crippen molar-refractivity contribution in [2.45, 2.75) is 6.92 Å². The summed E-state index contributed by atoms with van der Waals surface area (Å²) in [5.74, 6) is 0. The molecule has 0 heterocycles. The predicted octanol–water partition coefficient (Wildman–Crippen LogP) is 1.46. The van der Waals surface area contributed by atoms with Gasteiger partial charge in [0.1, 0.15) is 0 Å². The van der Waals surface area contributed by atoms with Crippen molar-refractivity contribution in [1.29, 1.82) is 0 Å². The molecule has 50 valence electrons. The first kappa shape index (κ1) is 8.66. The van der Waals surface area contributed by atoms with Gasteiger partial charge in [-0.3, -0.25) is 9.59 Å². The third kappa shape index (κ3) is 4.18. The first-order chi connectivity index (χ1) is 4.04. The zero-order chi connectivity index (χ0) is 7.44. The third-order valence-electron chi connectivity index (χ3n) is 0.640. The molecule has 0 N–H and O–H groups in total. The lowest BCUT2D eigenvalue weighted by atomic mass is 10.3. The van der Waals surface area contributed by atoms with Gasteiger partial charge in [0.05, 0.1) is 0 Å². The molecule has 0 aromatic rings. The van der Waals surface area contributed by atoms with Gasteiger partial charge < -0.3 is 0 Å². The van der Waals surface area contributed by atoms with E-state index in [0.717, 1.165) is 6.08 Å². The topological polar surface area (TPSA) is 34.1 Å². The molecule has 0 aliphatic heterocycles. The van der Waals surface area contributed by atoms with Crippen molar-refractivity contribution in [2.75, 3.05) is 0 Å². The highest BCUT2D eigenvalue weighted by molar-refractivity contribution is 6.70. The van der Waals surface area contributed by atoms with Crippen molar-refractivity contribution >= 4 is 33.7 Å². The molecule has 2 nitrogen and oxygen atoms in total. The molecule has 9 heavy (non-hydrogen) atoms. The van der Waals surface area contributed by atoms with Crippen molar-refractivity contribution in [3.63, 3.8) is 0 Å². The fourth-order valence-electron chi connectivity index (χ4n) is 0.227. The minimum atomic E-state index is -0.693. The minimum Gasteiger partial charge on any atom is -0.276 e. The highest BCUT2D eigenvalue weighted by Gasteiger charge is 1.99. The van der Waals surface area contributed by atoms with Crippen LogP contribution in [0.4, 0.5) is 0 Å². The molecule has 0 bridgehead atoms. The average molecular weight is 167 g/mol. The summed E-state index contributed by atoms with van der Waals surface area (Å²) >= 11 is 9.84. The molecule has 0 atom stereocenters. The Hall–Kier alpha value is -0.340. The van der Waals surface area contributed by atoms with Gasteiger partial charge in [0.2, 0.25) is 10.5 Å². The molecule has 0 unspecified atom stereocenters. The van der Waals surface area contributed by atoms with Gasteiger partial charge in [0.15, 0.2) is 0 Å². The van der Waals surface area contributed by atoms with Crippen LogP contribution in [0.1, 0.15) is 6.92 Å². The van der Waals surface area contributed by atoms with Crippen LogP contribution in [-0.4, -0.2) is 10.5 Å². The molecule has 0 fully saturated rings. The van der Waals surface area contributed by atoms with Crippen LogP contribution in [0.3, 0.4) is 0 Å². The number of hydrogen-bond donors (Lipinski definition) is 0. The summed E-state index contributed by atoms with van der Waals surface area (Å²) in [6, 6.07) is 0. The molecule has 0 amide bonds. The number of carbonyl (C=O) groups is 2. The van der Waals surface area contributed by atoms with Crippen molar-refractivity contribution in [3.05, 3.63) is 11.6 Å². The SMILES string of the molecule is C/C(=C/C(=O)Cl)C(=O)Cl. The van der Waals surface area contributed by atoms with Crippen molar-refractivity contribution in [2.24, 2.45) is 0 Å². The zero-order valence-electron chi connectivity index (χ0n) is 4.65. The van der Waals surface area contributed by atoms with Crippen LogP contribution in [0.15, 0.2) is 11.6 Å². The summed E-state index contributed by atoms with van der Waals surface area (Å²) < 4.78 is 0. The second kappa shape index (κ2) is 3.64. The highest BCUT2D eigenvalue weighted by atomic mass is 35.5. The van der Waals surface area contributed by atoms with Crippen LogP contribution in [-0.2, 0) is 9.59 Å². The molecule has 0 saturated carbocycles. The number of rotatable bonds is 2. The molecule has 0 saturated heterocycles. The Labute approximate surface area is 62.4 Å². The first-order valence-electron chi connectivity index (χ1n) is 2.11. The Morgan fingerprint density at radius 3 is 1.89 bits per heavy atom. The average Bonchev–Trinajstić information content (AvgIpc) is 1.63. The summed E-state index contributed by atoms with van der Waals surface area (Å²) in [6.07, 6.45) is 0.969. The maximum Gasteiger partial charge on any atom is 0.248 e. The van der Waals surface area contributed by atoms with Crippen molar-refractivity contribution in [3.8, 4) is 0 Å². The second-order valence-electron chi connectivity index (χ2n) is 1.41. The summed E-state index contributed by atoms with van der Waals surface area (Å²) in [6.45, 7) is 1.41. The largest absolute Gasteiger partial charge is 0.276 e. The standard InChI is InChI=1S/C5H4Cl2O2/c1-3(5(7)9)2-4(6)8/h2H,1H3/b3-2-. The van der Waals surface area contributed by atoms with Crippen LogP contribution in [0.2, 0.25) is 0 Å². The molecule has 0 rings (SSSR count). The van der Waals surface area contributed by atoms with E-state index in [1.165, 1.54) is 6.92 Å². The molecule has 4 heteroatoms. The van der Waals surface area contributed by atoms with E-state index in [2.05, 4.69) is 0 Å². The molecular weight excluding hydrogens is 163 g/mol. The zero-order valence-corrected chi connectivity index (χ0v) is 6.16. The fourth-order valence-corrected chi connectivity index (χ4v) is 0.445. The molecule has 0 aromatic heterocycles. The maximum atomic E-state index is 10.2. The van der Waals surface area contributed by atoms with E-state index in [1.807, 2.05) is 0 Å². The summed E-state index contributed by atoms with van der Waals surface area (Å²) in [5, 5.41) is -1.36. The van der Waals surface area contributed by atoms with Crippen LogP contribution in [0.25, 0.3) is 0 Å². The molecule has 0 aromatic carbocycles. The number of allylic oxidation sites excluding steroid dienone is 2. The van der Waals surface area contributed by atoms with Crippen molar-refractivity contribution in [1.82, 2.24) is 0 Å². The number of carbonyl (C=O) groups excluding carboxylic acids is 2. The highest BCUT2D eigenvalue weighted by Crippen LogP contribution is 1.99. The van der Waals surface area contributed by atoms with Crippen LogP contribution < -0.4 is 0 Å². The Morgan fingerprint density at radius 1 is 1.33 bits per heavy atom. The molecule has 0 aliphatic rings. The van der Waals surface area contributed by atoms with E-state index >= 15 is 0 Å². The summed E-state index contributed by atoms with van der Waals surface area (Å²) in [4.78, 5) is 20.2. The minimum absolute atomic E-state index is 0.150. The Kier molecular flexibility index (Phi) is 3.50. The summed E-state index contributed by atoms with van der Waals surface area (Å²) in [5.41, 5.74) is 0.150. The Morgan fingerprint density at radius 2 is 1.78 bits per heavy atom. The van der Waals surface area contributed by atoms with Gasteiger partial charge in [0, 0.05) is 11.6 Å². The van der Waals surface area contributed by atoms with Gasteiger partial charge in [-0.2, -0.15) is 0 Å². The van der Waals surface area contributed by atoms with Gasteiger partial charge >= 0.3 is 0 Å². The van der Waals surface area contributed by atoms with E-state index in [9.17, 15) is 9.59 Å². The lowest BCUT2D eigenvalue weighted by molar-refractivity contribution is -0.110. The van der Waals surface area contributed by atoms with Gasteiger partial charge in [-0.05, 0) is 30.1 Å². The lowest BCUT2D eigenvalue weighted by Crippen LogP contribution is -1.90. The smallest absolute Gasteiger partial charge is 0.248 e. The van der Waals surface area contributed by atoms with Gasteiger partial charge in [-0.25, -0.2) is 0 Å². The number of halogens is 2. The molecule has 0 radical (unpaired) electrons. The van der Waals surface area contributed by atoms with Crippen LogP contribution in [0, 0.1) is 0 Å². The van der Waals surface area contributed by atoms with Gasteiger partial charge in [-0.15, -0.1) is 0 Å². The van der Waals surface area contributed by atoms with Crippen LogP contribution in [0.5, 0.6) is 0 Å². The molecule has 0 aliphatic carbocycles. The van der Waals surface area contributed by atoms with Crippen molar-refractivity contribution < 1.29 is 9.59 Å². The van der Waals surface area contributed by atoms with Crippen LogP contribution >= 0.6 is 23.2 Å². The maximum absolute atomic E-state index is 10.2. The Balaban J connectivity index is 4.17. The van der Waals surface area contributed by atoms with Gasteiger partial charge in [0.25, 0.3) is 0 Å². The van der Waals surface area contributed by atoms with Gasteiger partial charge in [-0.1, -0.05) is 0 Å². The second-order valence-corrected chi connectivity index (χ2v) is 2.12. The van der Waals surface area contributed by atoms with E-state index < -0.39 is 10.5 Å². The molecular formula is C5H4Cl2O2. The normalized spacial score (nSPS) is 11.2. The molecule has 0 spiro atoms. The third-order valence-corrected chi connectivity index (χ3v) is 1.05. The summed E-state index contributed by atoms with van der Waals surface area (Å²) in [7, 11) is 0. The first-order valence-corrected chi connectivity index (χ1v) is 2.87. The van der Waals surface area contributed by atoms with E-state index in [1.54, 1.807) is 0 Å².